The van der Waals surface area contributed by atoms with Gasteiger partial charge < -0.3 is 14.8 Å². The van der Waals surface area contributed by atoms with Crippen molar-refractivity contribution in [2.45, 2.75) is 13.0 Å². The summed E-state index contributed by atoms with van der Waals surface area (Å²) < 4.78 is 10.9. The fourth-order valence-corrected chi connectivity index (χ4v) is 3.80. The van der Waals surface area contributed by atoms with Gasteiger partial charge in [-0.3, -0.25) is 9.69 Å². The Hall–Kier alpha value is -1.89. The largest absolute Gasteiger partial charge is 0.494 e. The summed E-state index contributed by atoms with van der Waals surface area (Å²) in [6, 6.07) is 11.6. The molecule has 134 valence electrons. The molecule has 1 N–H and O–H groups in total. The lowest BCUT2D eigenvalue weighted by Crippen LogP contribution is -2.43. The van der Waals surface area contributed by atoms with Crippen molar-refractivity contribution in [3.05, 3.63) is 52.2 Å². The predicted octanol–water partition coefficient (Wildman–Crippen LogP) is 2.95. The minimum atomic E-state index is -0.0575. The smallest absolute Gasteiger partial charge is 0.251 e. The number of nitrogens with one attached hydrogen (secondary N) is 1. The Bertz CT molecular complexity index is 652. The Labute approximate surface area is 152 Å². The molecule has 2 aromatic rings. The van der Waals surface area contributed by atoms with Crippen LogP contribution in [0.15, 0.2) is 41.8 Å². The van der Waals surface area contributed by atoms with Gasteiger partial charge in [-0.05, 0) is 42.6 Å². The monoisotopic (exact) mass is 360 g/mol. The van der Waals surface area contributed by atoms with Crippen molar-refractivity contribution in [1.29, 1.82) is 0 Å². The van der Waals surface area contributed by atoms with E-state index in [4.69, 9.17) is 9.47 Å². The molecule has 1 amide bonds. The Morgan fingerprint density at radius 1 is 1.28 bits per heavy atom. The molecule has 1 aromatic heterocycles. The number of carbonyl (C=O) groups is 1. The van der Waals surface area contributed by atoms with Gasteiger partial charge in [-0.25, -0.2) is 0 Å². The van der Waals surface area contributed by atoms with E-state index in [0.29, 0.717) is 18.7 Å². The van der Waals surface area contributed by atoms with Crippen molar-refractivity contribution in [2.24, 2.45) is 0 Å². The molecule has 0 unspecified atom stereocenters. The van der Waals surface area contributed by atoms with Crippen LogP contribution < -0.4 is 10.1 Å². The third-order valence-corrected chi connectivity index (χ3v) is 5.22. The molecule has 6 heteroatoms. The van der Waals surface area contributed by atoms with Crippen LogP contribution in [0.25, 0.3) is 0 Å². The second-order valence-electron chi connectivity index (χ2n) is 5.85. The highest BCUT2D eigenvalue weighted by atomic mass is 32.1. The Morgan fingerprint density at radius 3 is 2.68 bits per heavy atom. The summed E-state index contributed by atoms with van der Waals surface area (Å²) in [6.45, 7) is 6.42. The van der Waals surface area contributed by atoms with Gasteiger partial charge in [0.15, 0.2) is 0 Å². The summed E-state index contributed by atoms with van der Waals surface area (Å²) in [5.41, 5.74) is 0.648. The molecule has 2 heterocycles. The molecule has 1 saturated heterocycles. The van der Waals surface area contributed by atoms with Crippen LogP contribution in [0.1, 0.15) is 28.2 Å². The van der Waals surface area contributed by atoms with Crippen LogP contribution in [-0.2, 0) is 4.74 Å². The SMILES string of the molecule is CCOc1ccc(C(=O)NC[C@H](c2cccs2)N2CCOCC2)cc1. The molecule has 0 saturated carbocycles. The number of ether oxygens (including phenoxy) is 2. The summed E-state index contributed by atoms with van der Waals surface area (Å²) in [6.07, 6.45) is 0. The number of amides is 1. The first-order chi connectivity index (χ1) is 12.3. The standard InChI is InChI=1S/C19H24N2O3S/c1-2-24-16-7-5-15(6-8-16)19(22)20-14-17(18-4-3-13-25-18)21-9-11-23-12-10-21/h3-8,13,17H,2,9-12,14H2,1H3,(H,20,22)/t17-/m1/s1. The Balaban J connectivity index is 1.62. The number of hydrogen-bond donors (Lipinski definition) is 1. The molecule has 25 heavy (non-hydrogen) atoms. The minimum Gasteiger partial charge on any atom is -0.494 e. The third-order valence-electron chi connectivity index (χ3n) is 4.24. The maximum absolute atomic E-state index is 12.5. The van der Waals surface area contributed by atoms with Crippen LogP contribution in [0.4, 0.5) is 0 Å². The zero-order valence-corrected chi connectivity index (χ0v) is 15.3. The molecule has 1 aliphatic heterocycles. The Morgan fingerprint density at radius 2 is 2.04 bits per heavy atom. The molecule has 1 aromatic carbocycles. The molecule has 3 rings (SSSR count). The molecule has 0 spiro atoms. The fraction of sp³-hybridized carbons (Fsp3) is 0.421. The van der Waals surface area contributed by atoms with Crippen molar-refractivity contribution in [3.8, 4) is 5.75 Å². The van der Waals surface area contributed by atoms with Gasteiger partial charge in [-0.2, -0.15) is 0 Å². The maximum atomic E-state index is 12.5. The number of rotatable bonds is 7. The van der Waals surface area contributed by atoms with Crippen LogP contribution in [0.3, 0.4) is 0 Å². The quantitative estimate of drug-likeness (QED) is 0.825. The fourth-order valence-electron chi connectivity index (χ4n) is 2.94. The van der Waals surface area contributed by atoms with Crippen LogP contribution in [-0.4, -0.2) is 50.3 Å². The van der Waals surface area contributed by atoms with Gasteiger partial charge in [0.2, 0.25) is 0 Å². The lowest BCUT2D eigenvalue weighted by Gasteiger charge is -2.34. The normalized spacial score (nSPS) is 16.4. The summed E-state index contributed by atoms with van der Waals surface area (Å²) in [5.74, 6) is 0.724. The van der Waals surface area contributed by atoms with E-state index in [1.807, 2.05) is 19.1 Å². The number of morpholine rings is 1. The van der Waals surface area contributed by atoms with Gasteiger partial charge in [0.25, 0.3) is 5.91 Å². The molecular formula is C19H24N2O3S. The summed E-state index contributed by atoms with van der Waals surface area (Å²) >= 11 is 1.73. The van der Waals surface area contributed by atoms with Crippen molar-refractivity contribution in [2.75, 3.05) is 39.5 Å². The summed E-state index contributed by atoms with van der Waals surface area (Å²) in [7, 11) is 0. The number of hydrogen-bond acceptors (Lipinski definition) is 5. The van der Waals surface area contributed by atoms with Crippen molar-refractivity contribution >= 4 is 17.2 Å². The highest BCUT2D eigenvalue weighted by molar-refractivity contribution is 7.10. The van der Waals surface area contributed by atoms with Gasteiger partial charge in [-0.15, -0.1) is 11.3 Å². The second-order valence-corrected chi connectivity index (χ2v) is 6.83. The highest BCUT2D eigenvalue weighted by Crippen LogP contribution is 2.25. The van der Waals surface area contributed by atoms with Gasteiger partial charge in [0.05, 0.1) is 25.9 Å². The minimum absolute atomic E-state index is 0.0575. The average molecular weight is 360 g/mol. The van der Waals surface area contributed by atoms with E-state index in [-0.39, 0.29) is 11.9 Å². The molecular weight excluding hydrogens is 336 g/mol. The zero-order valence-electron chi connectivity index (χ0n) is 14.4. The van der Waals surface area contributed by atoms with Gasteiger partial charge in [0, 0.05) is 30.1 Å². The number of benzene rings is 1. The molecule has 1 atom stereocenters. The van der Waals surface area contributed by atoms with Crippen molar-refractivity contribution in [1.82, 2.24) is 10.2 Å². The van der Waals surface area contributed by atoms with Crippen LogP contribution in [0.5, 0.6) is 5.75 Å². The van der Waals surface area contributed by atoms with E-state index < -0.39 is 0 Å². The highest BCUT2D eigenvalue weighted by Gasteiger charge is 2.24. The molecule has 0 radical (unpaired) electrons. The van der Waals surface area contributed by atoms with E-state index >= 15 is 0 Å². The Kier molecular flexibility index (Phi) is 6.44. The van der Waals surface area contributed by atoms with Gasteiger partial charge in [-0.1, -0.05) is 6.07 Å². The molecule has 1 aliphatic rings. The molecule has 0 aliphatic carbocycles. The number of carbonyl (C=O) groups excluding carboxylic acids is 1. The maximum Gasteiger partial charge on any atom is 0.251 e. The van der Waals surface area contributed by atoms with Crippen molar-refractivity contribution < 1.29 is 14.3 Å². The van der Waals surface area contributed by atoms with Crippen LogP contribution >= 0.6 is 11.3 Å². The van der Waals surface area contributed by atoms with Gasteiger partial charge in [0.1, 0.15) is 5.75 Å². The first-order valence-electron chi connectivity index (χ1n) is 8.64. The van der Waals surface area contributed by atoms with E-state index in [0.717, 1.165) is 32.1 Å². The lowest BCUT2D eigenvalue weighted by molar-refractivity contribution is 0.0169. The number of thiophene rings is 1. The first-order valence-corrected chi connectivity index (χ1v) is 9.52. The van der Waals surface area contributed by atoms with E-state index in [9.17, 15) is 4.79 Å². The van der Waals surface area contributed by atoms with Crippen LogP contribution in [0.2, 0.25) is 0 Å². The lowest BCUT2D eigenvalue weighted by atomic mass is 10.1. The summed E-state index contributed by atoms with van der Waals surface area (Å²) in [5, 5.41) is 5.16. The second kappa shape index (κ2) is 8.99. The van der Waals surface area contributed by atoms with Crippen LogP contribution in [0, 0.1) is 0 Å². The molecule has 1 fully saturated rings. The molecule has 5 nitrogen and oxygen atoms in total. The van der Waals surface area contributed by atoms with Crippen molar-refractivity contribution in [3.63, 3.8) is 0 Å². The van der Waals surface area contributed by atoms with E-state index in [1.54, 1.807) is 23.5 Å². The predicted molar refractivity (Wildman–Crippen MR) is 99.4 cm³/mol. The van der Waals surface area contributed by atoms with E-state index in [2.05, 4.69) is 27.7 Å². The van der Waals surface area contributed by atoms with Gasteiger partial charge >= 0.3 is 0 Å². The number of nitrogens with zero attached hydrogens (tertiary/aromatic N) is 1. The summed E-state index contributed by atoms with van der Waals surface area (Å²) in [4.78, 5) is 16.1. The molecule has 0 bridgehead atoms. The first kappa shape index (κ1) is 17.9. The van der Waals surface area contributed by atoms with E-state index in [1.165, 1.54) is 4.88 Å². The average Bonchev–Trinajstić information content (AvgIpc) is 3.18. The topological polar surface area (TPSA) is 50.8 Å². The zero-order chi connectivity index (χ0) is 17.5. The third kappa shape index (κ3) is 4.81.